The van der Waals surface area contributed by atoms with Gasteiger partial charge in [0.1, 0.15) is 5.75 Å². The maximum atomic E-state index is 12.3. The first kappa shape index (κ1) is 16.9. The maximum Gasteiger partial charge on any atom is 0.219 e. The number of benzene rings is 1. The summed E-state index contributed by atoms with van der Waals surface area (Å²) in [6, 6.07) is 9.34. The van der Waals surface area contributed by atoms with Crippen LogP contribution in [-0.4, -0.2) is 48.5 Å². The number of fused-ring (bicyclic) bond motifs is 1. The average Bonchev–Trinajstić information content (AvgIpc) is 3.20. The van der Waals surface area contributed by atoms with Gasteiger partial charge in [-0.15, -0.1) is 0 Å². The molecular formula is C21H30N2O2. The standard InChI is InChI=1S/C21H30N2O2/c1-15(24)23-13-17-12-22(18-6-4-3-5-7-18)14-20(17)21(23)16-8-10-19(25-2)11-9-16/h8-11,17-18,20-21H,3-7,12-14H2,1-2H3/t17-,20-,21+/m1/s1. The van der Waals surface area contributed by atoms with E-state index in [1.54, 1.807) is 14.0 Å². The molecule has 2 aliphatic heterocycles. The maximum absolute atomic E-state index is 12.3. The number of hydrogen-bond acceptors (Lipinski definition) is 3. The molecule has 0 aromatic heterocycles. The van der Waals surface area contributed by atoms with Crippen molar-refractivity contribution in [1.29, 1.82) is 0 Å². The predicted octanol–water partition coefficient (Wildman–Crippen LogP) is 3.48. The molecule has 0 unspecified atom stereocenters. The second kappa shape index (κ2) is 6.99. The number of carbonyl (C=O) groups excluding carboxylic acids is 1. The van der Waals surface area contributed by atoms with Crippen molar-refractivity contribution >= 4 is 5.91 Å². The molecule has 1 saturated carbocycles. The molecule has 0 bridgehead atoms. The van der Waals surface area contributed by atoms with Crippen molar-refractivity contribution in [2.75, 3.05) is 26.7 Å². The van der Waals surface area contributed by atoms with E-state index in [0.29, 0.717) is 11.8 Å². The second-order valence-electron chi connectivity index (χ2n) is 8.06. The molecule has 4 rings (SSSR count). The summed E-state index contributed by atoms with van der Waals surface area (Å²) in [5.74, 6) is 2.28. The van der Waals surface area contributed by atoms with Crippen LogP contribution in [0.1, 0.15) is 50.6 Å². The van der Waals surface area contributed by atoms with E-state index >= 15 is 0 Å². The Bertz CT molecular complexity index is 609. The summed E-state index contributed by atoms with van der Waals surface area (Å²) in [6.07, 6.45) is 6.91. The van der Waals surface area contributed by atoms with Crippen LogP contribution in [0.4, 0.5) is 0 Å². The van der Waals surface area contributed by atoms with Crippen LogP contribution in [0.3, 0.4) is 0 Å². The Kier molecular flexibility index (Phi) is 4.72. The van der Waals surface area contributed by atoms with E-state index in [-0.39, 0.29) is 11.9 Å². The molecule has 1 aliphatic carbocycles. The Labute approximate surface area is 151 Å². The number of hydrogen-bond donors (Lipinski definition) is 0. The third-order valence-electron chi connectivity index (χ3n) is 6.65. The van der Waals surface area contributed by atoms with Gasteiger partial charge in [0.05, 0.1) is 13.2 Å². The Morgan fingerprint density at radius 1 is 1.04 bits per heavy atom. The summed E-state index contributed by atoms with van der Waals surface area (Å²) in [5.41, 5.74) is 1.26. The Balaban J connectivity index is 1.55. The van der Waals surface area contributed by atoms with Crippen molar-refractivity contribution in [3.05, 3.63) is 29.8 Å². The summed E-state index contributed by atoms with van der Waals surface area (Å²) < 4.78 is 5.30. The first-order valence-electron chi connectivity index (χ1n) is 9.82. The Morgan fingerprint density at radius 3 is 2.40 bits per heavy atom. The minimum atomic E-state index is 0.208. The highest BCUT2D eigenvalue weighted by Crippen LogP contribution is 2.46. The molecule has 3 fully saturated rings. The first-order valence-corrected chi connectivity index (χ1v) is 9.82. The predicted molar refractivity (Wildman–Crippen MR) is 98.5 cm³/mol. The lowest BCUT2D eigenvalue weighted by Crippen LogP contribution is -2.39. The van der Waals surface area contributed by atoms with Gasteiger partial charge in [-0.1, -0.05) is 31.4 Å². The van der Waals surface area contributed by atoms with Crippen LogP contribution in [0.25, 0.3) is 0 Å². The van der Waals surface area contributed by atoms with Gasteiger partial charge in [0, 0.05) is 38.5 Å². The highest BCUT2D eigenvalue weighted by Gasteiger charge is 2.49. The van der Waals surface area contributed by atoms with Crippen molar-refractivity contribution in [3.63, 3.8) is 0 Å². The minimum Gasteiger partial charge on any atom is -0.497 e. The van der Waals surface area contributed by atoms with Crippen molar-refractivity contribution in [2.24, 2.45) is 11.8 Å². The van der Waals surface area contributed by atoms with E-state index in [1.165, 1.54) is 44.2 Å². The van der Waals surface area contributed by atoms with Gasteiger partial charge in [0.15, 0.2) is 0 Å². The van der Waals surface area contributed by atoms with Crippen LogP contribution in [0.5, 0.6) is 5.75 Å². The van der Waals surface area contributed by atoms with Gasteiger partial charge < -0.3 is 9.64 Å². The van der Waals surface area contributed by atoms with Gasteiger partial charge >= 0.3 is 0 Å². The molecule has 1 aromatic carbocycles. The van der Waals surface area contributed by atoms with E-state index in [9.17, 15) is 4.79 Å². The lowest BCUT2D eigenvalue weighted by molar-refractivity contribution is -0.130. The van der Waals surface area contributed by atoms with Crippen LogP contribution in [0, 0.1) is 11.8 Å². The number of amides is 1. The SMILES string of the molecule is COc1ccc([C@H]2[C@@H]3CN(C4CCCCC4)C[C@@H]3CN2C(C)=O)cc1. The number of carbonyl (C=O) groups is 1. The van der Waals surface area contributed by atoms with Crippen LogP contribution in [0.2, 0.25) is 0 Å². The molecule has 4 nitrogen and oxygen atoms in total. The van der Waals surface area contributed by atoms with Crippen LogP contribution in [0.15, 0.2) is 24.3 Å². The summed E-state index contributed by atoms with van der Waals surface area (Å²) >= 11 is 0. The first-order chi connectivity index (χ1) is 12.2. The van der Waals surface area contributed by atoms with Crippen molar-refractivity contribution < 1.29 is 9.53 Å². The monoisotopic (exact) mass is 342 g/mol. The molecule has 25 heavy (non-hydrogen) atoms. The summed E-state index contributed by atoms with van der Waals surface area (Å²) in [5, 5.41) is 0. The second-order valence-corrected chi connectivity index (χ2v) is 8.06. The fourth-order valence-electron chi connectivity index (χ4n) is 5.38. The largest absolute Gasteiger partial charge is 0.497 e. The zero-order valence-corrected chi connectivity index (χ0v) is 15.5. The fraction of sp³-hybridized carbons (Fsp3) is 0.667. The molecular weight excluding hydrogens is 312 g/mol. The number of methoxy groups -OCH3 is 1. The van der Waals surface area contributed by atoms with Gasteiger partial charge in [0.2, 0.25) is 5.91 Å². The summed E-state index contributed by atoms with van der Waals surface area (Å²) in [6.45, 7) is 4.96. The quantitative estimate of drug-likeness (QED) is 0.843. The molecule has 136 valence electrons. The molecule has 1 amide bonds. The Morgan fingerprint density at radius 2 is 1.76 bits per heavy atom. The van der Waals surface area contributed by atoms with E-state index in [4.69, 9.17) is 4.74 Å². The summed E-state index contributed by atoms with van der Waals surface area (Å²) in [7, 11) is 1.70. The normalized spacial score (nSPS) is 30.5. The highest BCUT2D eigenvalue weighted by molar-refractivity contribution is 5.74. The third kappa shape index (κ3) is 3.17. The van der Waals surface area contributed by atoms with E-state index in [1.807, 2.05) is 12.1 Å². The lowest BCUT2D eigenvalue weighted by Gasteiger charge is -2.34. The smallest absolute Gasteiger partial charge is 0.219 e. The molecule has 0 spiro atoms. The number of rotatable bonds is 3. The number of likely N-dealkylation sites (tertiary alicyclic amines) is 2. The molecule has 2 heterocycles. The zero-order valence-electron chi connectivity index (χ0n) is 15.5. The summed E-state index contributed by atoms with van der Waals surface area (Å²) in [4.78, 5) is 17.1. The van der Waals surface area contributed by atoms with E-state index in [2.05, 4.69) is 21.9 Å². The van der Waals surface area contributed by atoms with Crippen LogP contribution in [-0.2, 0) is 4.79 Å². The molecule has 2 saturated heterocycles. The zero-order chi connectivity index (χ0) is 17.4. The van der Waals surface area contributed by atoms with E-state index in [0.717, 1.165) is 24.9 Å². The van der Waals surface area contributed by atoms with Gasteiger partial charge in [0.25, 0.3) is 0 Å². The molecule has 0 radical (unpaired) electrons. The van der Waals surface area contributed by atoms with Crippen molar-refractivity contribution in [2.45, 2.75) is 51.1 Å². The van der Waals surface area contributed by atoms with Gasteiger partial charge in [-0.05, 0) is 36.5 Å². The van der Waals surface area contributed by atoms with Crippen LogP contribution >= 0.6 is 0 Å². The molecule has 1 aromatic rings. The molecule has 3 atom stereocenters. The number of nitrogens with zero attached hydrogens (tertiary/aromatic N) is 2. The van der Waals surface area contributed by atoms with Gasteiger partial charge in [-0.3, -0.25) is 9.69 Å². The highest BCUT2D eigenvalue weighted by atomic mass is 16.5. The van der Waals surface area contributed by atoms with Crippen molar-refractivity contribution in [3.8, 4) is 5.75 Å². The van der Waals surface area contributed by atoms with Crippen LogP contribution < -0.4 is 4.74 Å². The average molecular weight is 342 g/mol. The minimum absolute atomic E-state index is 0.208. The molecule has 0 N–H and O–H groups in total. The topological polar surface area (TPSA) is 32.8 Å². The van der Waals surface area contributed by atoms with E-state index < -0.39 is 0 Å². The molecule has 4 heteroatoms. The fourth-order valence-corrected chi connectivity index (χ4v) is 5.38. The van der Waals surface area contributed by atoms with Gasteiger partial charge in [-0.2, -0.15) is 0 Å². The lowest BCUT2D eigenvalue weighted by atomic mass is 9.89. The number of ether oxygens (including phenoxy) is 1. The van der Waals surface area contributed by atoms with Gasteiger partial charge in [-0.25, -0.2) is 0 Å². The van der Waals surface area contributed by atoms with Crippen molar-refractivity contribution in [1.82, 2.24) is 9.80 Å². The third-order valence-corrected chi connectivity index (χ3v) is 6.65. The Hall–Kier alpha value is -1.55. The molecule has 3 aliphatic rings.